The molecule has 5 rings (SSSR count). The van der Waals surface area contributed by atoms with Gasteiger partial charge in [-0.05, 0) is 44.6 Å². The van der Waals surface area contributed by atoms with E-state index in [1.54, 1.807) is 0 Å². The van der Waals surface area contributed by atoms with Gasteiger partial charge in [-0.2, -0.15) is 5.10 Å². The third kappa shape index (κ3) is 4.28. The lowest BCUT2D eigenvalue weighted by Gasteiger charge is -2.40. The monoisotopic (exact) mass is 421 g/mol. The fourth-order valence-corrected chi connectivity index (χ4v) is 5.68. The number of hydrogen-bond acceptors (Lipinski definition) is 4. The zero-order valence-electron chi connectivity index (χ0n) is 19.0. The Hall–Kier alpha value is -2.18. The first kappa shape index (κ1) is 20.7. The first-order valence-electron chi connectivity index (χ1n) is 11.9. The summed E-state index contributed by atoms with van der Waals surface area (Å²) in [5, 5.41) is 4.68. The van der Waals surface area contributed by atoms with Crippen LogP contribution in [0.4, 0.5) is 0 Å². The van der Waals surface area contributed by atoms with Gasteiger partial charge in [-0.1, -0.05) is 29.8 Å². The molecule has 6 heteroatoms. The van der Waals surface area contributed by atoms with Crippen molar-refractivity contribution in [2.45, 2.75) is 51.6 Å². The van der Waals surface area contributed by atoms with Crippen LogP contribution in [0.2, 0.25) is 0 Å². The SMILES string of the molecule is Cc1cccc(CN2CCN(C3CCc4c(c(C(=O)N5CCCC5)nn4C)C3)CC2)c1. The Labute approximate surface area is 185 Å². The van der Waals surface area contributed by atoms with E-state index in [1.807, 2.05) is 16.6 Å². The van der Waals surface area contributed by atoms with E-state index in [-0.39, 0.29) is 5.91 Å². The second-order valence-corrected chi connectivity index (χ2v) is 9.59. The molecule has 0 bridgehead atoms. The Balaban J connectivity index is 1.22. The van der Waals surface area contributed by atoms with Crippen molar-refractivity contribution in [2.75, 3.05) is 39.3 Å². The highest BCUT2D eigenvalue weighted by Gasteiger charge is 2.34. The molecule has 31 heavy (non-hydrogen) atoms. The lowest BCUT2D eigenvalue weighted by Crippen LogP contribution is -2.51. The summed E-state index contributed by atoms with van der Waals surface area (Å²) < 4.78 is 1.97. The zero-order valence-corrected chi connectivity index (χ0v) is 19.0. The van der Waals surface area contributed by atoms with E-state index in [2.05, 4.69) is 46.1 Å². The van der Waals surface area contributed by atoms with Crippen LogP contribution in [0.15, 0.2) is 24.3 Å². The molecule has 3 heterocycles. The van der Waals surface area contributed by atoms with E-state index < -0.39 is 0 Å². The van der Waals surface area contributed by atoms with Crippen molar-refractivity contribution >= 4 is 5.91 Å². The lowest BCUT2D eigenvalue weighted by molar-refractivity contribution is 0.0777. The molecule has 0 spiro atoms. The largest absolute Gasteiger partial charge is 0.337 e. The minimum atomic E-state index is 0.151. The summed E-state index contributed by atoms with van der Waals surface area (Å²) in [4.78, 5) is 20.3. The summed E-state index contributed by atoms with van der Waals surface area (Å²) in [6, 6.07) is 9.40. The average Bonchev–Trinajstić information content (AvgIpc) is 3.42. The molecular formula is C25H35N5O. The van der Waals surface area contributed by atoms with Crippen molar-refractivity contribution in [3.63, 3.8) is 0 Å². The smallest absolute Gasteiger partial charge is 0.274 e. The van der Waals surface area contributed by atoms with Gasteiger partial charge in [-0.25, -0.2) is 0 Å². The van der Waals surface area contributed by atoms with Gasteiger partial charge in [0.2, 0.25) is 0 Å². The lowest BCUT2D eigenvalue weighted by atomic mass is 9.89. The maximum Gasteiger partial charge on any atom is 0.274 e. The number of likely N-dealkylation sites (tertiary alicyclic amines) is 1. The second-order valence-electron chi connectivity index (χ2n) is 9.59. The van der Waals surface area contributed by atoms with Crippen LogP contribution in [-0.4, -0.2) is 75.7 Å². The molecule has 0 saturated carbocycles. The standard InChI is InChI=1S/C25H35N5O/c1-19-6-5-7-20(16-19)18-28-12-14-29(15-13-28)21-8-9-23-22(17-21)24(26-27(23)2)25(31)30-10-3-4-11-30/h5-7,16,21H,3-4,8-15,17-18H2,1-2H3. The number of piperazine rings is 1. The Morgan fingerprint density at radius 1 is 1.10 bits per heavy atom. The number of aromatic nitrogens is 2. The molecular weight excluding hydrogens is 386 g/mol. The van der Waals surface area contributed by atoms with Gasteiger partial charge in [-0.3, -0.25) is 19.3 Å². The van der Waals surface area contributed by atoms with Gasteiger partial charge in [0, 0.05) is 70.2 Å². The quantitative estimate of drug-likeness (QED) is 0.761. The molecule has 166 valence electrons. The number of aryl methyl sites for hydroxylation is 2. The number of nitrogens with zero attached hydrogens (tertiary/aromatic N) is 5. The van der Waals surface area contributed by atoms with Crippen molar-refractivity contribution in [3.8, 4) is 0 Å². The zero-order chi connectivity index (χ0) is 21.4. The number of hydrogen-bond donors (Lipinski definition) is 0. The van der Waals surface area contributed by atoms with Crippen LogP contribution in [0.25, 0.3) is 0 Å². The first-order valence-corrected chi connectivity index (χ1v) is 11.9. The molecule has 6 nitrogen and oxygen atoms in total. The van der Waals surface area contributed by atoms with Crippen molar-refractivity contribution in [2.24, 2.45) is 7.05 Å². The number of carbonyl (C=O) groups excluding carboxylic acids is 1. The molecule has 1 aliphatic carbocycles. The molecule has 2 aliphatic heterocycles. The number of fused-ring (bicyclic) bond motifs is 1. The molecule has 3 aliphatic rings. The molecule has 1 amide bonds. The molecule has 2 saturated heterocycles. The van der Waals surface area contributed by atoms with Crippen LogP contribution < -0.4 is 0 Å². The van der Waals surface area contributed by atoms with Gasteiger partial charge < -0.3 is 4.90 Å². The second kappa shape index (κ2) is 8.75. The minimum absolute atomic E-state index is 0.151. The van der Waals surface area contributed by atoms with E-state index >= 15 is 0 Å². The van der Waals surface area contributed by atoms with Crippen LogP contribution in [0.5, 0.6) is 0 Å². The number of benzene rings is 1. The van der Waals surface area contributed by atoms with Crippen molar-refractivity contribution in [3.05, 3.63) is 52.3 Å². The van der Waals surface area contributed by atoms with E-state index in [0.29, 0.717) is 6.04 Å². The highest BCUT2D eigenvalue weighted by atomic mass is 16.2. The predicted octanol–water partition coefficient (Wildman–Crippen LogP) is 2.64. The average molecular weight is 422 g/mol. The summed E-state index contributed by atoms with van der Waals surface area (Å²) in [7, 11) is 2.00. The summed E-state index contributed by atoms with van der Waals surface area (Å²) in [5.74, 6) is 0.151. The van der Waals surface area contributed by atoms with Gasteiger partial charge in [0.25, 0.3) is 5.91 Å². The first-order chi connectivity index (χ1) is 15.1. The van der Waals surface area contributed by atoms with Crippen molar-refractivity contribution < 1.29 is 4.79 Å². The van der Waals surface area contributed by atoms with E-state index in [4.69, 9.17) is 0 Å². The summed E-state index contributed by atoms with van der Waals surface area (Å²) >= 11 is 0. The van der Waals surface area contributed by atoms with Gasteiger partial charge in [0.15, 0.2) is 5.69 Å². The Morgan fingerprint density at radius 2 is 1.87 bits per heavy atom. The molecule has 1 atom stereocenters. The predicted molar refractivity (Wildman–Crippen MR) is 122 cm³/mol. The fourth-order valence-electron chi connectivity index (χ4n) is 5.68. The highest BCUT2D eigenvalue weighted by molar-refractivity contribution is 5.94. The van der Waals surface area contributed by atoms with Crippen molar-refractivity contribution in [1.29, 1.82) is 0 Å². The van der Waals surface area contributed by atoms with Crippen LogP contribution >= 0.6 is 0 Å². The third-order valence-electron chi connectivity index (χ3n) is 7.44. The fraction of sp³-hybridized carbons (Fsp3) is 0.600. The van der Waals surface area contributed by atoms with E-state index in [1.165, 1.54) is 28.8 Å². The normalized spacial score (nSPS) is 22.6. The molecule has 0 N–H and O–H groups in total. The van der Waals surface area contributed by atoms with Gasteiger partial charge in [0.1, 0.15) is 0 Å². The summed E-state index contributed by atoms with van der Waals surface area (Å²) in [6.07, 6.45) is 5.41. The highest BCUT2D eigenvalue weighted by Crippen LogP contribution is 2.29. The van der Waals surface area contributed by atoms with E-state index in [9.17, 15) is 4.79 Å². The van der Waals surface area contributed by atoms with Crippen LogP contribution in [0.1, 0.15) is 52.1 Å². The molecule has 2 aromatic rings. The number of amides is 1. The molecule has 1 aromatic heterocycles. The number of carbonyl (C=O) groups is 1. The van der Waals surface area contributed by atoms with Crippen LogP contribution in [-0.2, 0) is 26.4 Å². The van der Waals surface area contributed by atoms with Crippen LogP contribution in [0, 0.1) is 6.92 Å². The van der Waals surface area contributed by atoms with Gasteiger partial charge in [-0.15, -0.1) is 0 Å². The third-order valence-corrected chi connectivity index (χ3v) is 7.44. The van der Waals surface area contributed by atoms with Gasteiger partial charge >= 0.3 is 0 Å². The maximum atomic E-state index is 13.1. The maximum absolute atomic E-state index is 13.1. The van der Waals surface area contributed by atoms with E-state index in [0.717, 1.165) is 77.2 Å². The van der Waals surface area contributed by atoms with Gasteiger partial charge in [0.05, 0.1) is 0 Å². The Kier molecular flexibility index (Phi) is 5.85. The molecule has 1 aromatic carbocycles. The van der Waals surface area contributed by atoms with Crippen molar-refractivity contribution in [1.82, 2.24) is 24.5 Å². The van der Waals surface area contributed by atoms with Crippen LogP contribution in [0.3, 0.4) is 0 Å². The Morgan fingerprint density at radius 3 is 2.61 bits per heavy atom. The molecule has 1 unspecified atom stereocenters. The minimum Gasteiger partial charge on any atom is -0.337 e. The molecule has 0 radical (unpaired) electrons. The Bertz CT molecular complexity index is 937. The summed E-state index contributed by atoms with van der Waals surface area (Å²) in [5.41, 5.74) is 5.97. The topological polar surface area (TPSA) is 44.6 Å². The number of rotatable bonds is 4. The molecule has 2 fully saturated rings. The summed E-state index contributed by atoms with van der Waals surface area (Å²) in [6.45, 7) is 9.44.